The highest BCUT2D eigenvalue weighted by atomic mass is 35.5. The lowest BCUT2D eigenvalue weighted by atomic mass is 9.97. The molecule has 0 aromatic rings. The smallest absolute Gasteiger partial charge is 0.226 e. The van der Waals surface area contributed by atoms with E-state index in [0.29, 0.717) is 11.8 Å². The molecule has 0 aromatic heterocycles. The van der Waals surface area contributed by atoms with Gasteiger partial charge in [0.1, 0.15) is 0 Å². The third kappa shape index (κ3) is 2.69. The number of halogens is 1. The predicted octanol–water partition coefficient (Wildman–Crippen LogP) is 1.65. The molecule has 1 saturated carbocycles. The van der Waals surface area contributed by atoms with Gasteiger partial charge in [0.05, 0.1) is 0 Å². The van der Waals surface area contributed by atoms with Crippen molar-refractivity contribution in [1.82, 2.24) is 4.90 Å². The lowest BCUT2D eigenvalue weighted by Crippen LogP contribution is -2.43. The van der Waals surface area contributed by atoms with Gasteiger partial charge in [-0.15, -0.1) is 12.4 Å². The number of piperidine rings is 1. The molecule has 0 aromatic carbocycles. The highest BCUT2D eigenvalue weighted by Crippen LogP contribution is 2.52. The van der Waals surface area contributed by atoms with E-state index in [1.165, 1.54) is 6.42 Å². The minimum atomic E-state index is 0. The van der Waals surface area contributed by atoms with E-state index >= 15 is 0 Å². The third-order valence-electron chi connectivity index (χ3n) is 3.98. The van der Waals surface area contributed by atoms with Crippen molar-refractivity contribution in [2.45, 2.75) is 33.1 Å². The first-order valence-electron chi connectivity index (χ1n) is 6.03. The van der Waals surface area contributed by atoms with Crippen LogP contribution in [0.1, 0.15) is 33.1 Å². The second kappa shape index (κ2) is 4.92. The minimum absolute atomic E-state index is 0. The Balaban J connectivity index is 0.00000128. The molecule has 1 heterocycles. The molecular weight excluding hydrogens is 224 g/mol. The fourth-order valence-corrected chi connectivity index (χ4v) is 2.57. The van der Waals surface area contributed by atoms with Gasteiger partial charge in [0, 0.05) is 19.0 Å². The molecule has 0 spiro atoms. The van der Waals surface area contributed by atoms with E-state index in [9.17, 15) is 4.79 Å². The van der Waals surface area contributed by atoms with Crippen molar-refractivity contribution in [2.24, 2.45) is 23.0 Å². The van der Waals surface area contributed by atoms with Crippen LogP contribution in [0.4, 0.5) is 0 Å². The maximum Gasteiger partial charge on any atom is 0.226 e. The first-order valence-corrected chi connectivity index (χ1v) is 6.03. The number of hydrogen-bond acceptors (Lipinski definition) is 2. The number of rotatable bonds is 2. The van der Waals surface area contributed by atoms with Crippen LogP contribution in [-0.2, 0) is 4.79 Å². The average molecular weight is 247 g/mol. The quantitative estimate of drug-likeness (QED) is 0.806. The molecule has 2 aliphatic rings. The molecule has 4 heteroatoms. The highest BCUT2D eigenvalue weighted by Gasteiger charge is 2.52. The van der Waals surface area contributed by atoms with Gasteiger partial charge in [-0.05, 0) is 37.1 Å². The Kier molecular flexibility index (Phi) is 4.24. The van der Waals surface area contributed by atoms with Crippen molar-refractivity contribution in [3.8, 4) is 0 Å². The third-order valence-corrected chi connectivity index (χ3v) is 3.98. The van der Waals surface area contributed by atoms with Crippen LogP contribution in [0.15, 0.2) is 0 Å². The SMILES string of the molecule is CC1(C)CC1C(=O)N1CCCC(CN)C1.Cl. The molecule has 2 unspecified atom stereocenters. The zero-order chi connectivity index (χ0) is 11.1. The lowest BCUT2D eigenvalue weighted by Gasteiger charge is -2.32. The molecule has 2 rings (SSSR count). The first kappa shape index (κ1) is 13.8. The van der Waals surface area contributed by atoms with Crippen LogP contribution >= 0.6 is 12.4 Å². The number of carbonyl (C=O) groups excluding carboxylic acids is 1. The van der Waals surface area contributed by atoms with Crippen LogP contribution in [-0.4, -0.2) is 30.4 Å². The number of nitrogens with zero attached hydrogens (tertiary/aromatic N) is 1. The van der Waals surface area contributed by atoms with E-state index in [1.54, 1.807) is 0 Å². The Morgan fingerprint density at radius 2 is 2.12 bits per heavy atom. The van der Waals surface area contributed by atoms with Gasteiger partial charge in [-0.3, -0.25) is 4.79 Å². The molecule has 94 valence electrons. The zero-order valence-electron chi connectivity index (χ0n) is 10.2. The summed E-state index contributed by atoms with van der Waals surface area (Å²) in [5.41, 5.74) is 5.93. The largest absolute Gasteiger partial charge is 0.342 e. The fraction of sp³-hybridized carbons (Fsp3) is 0.917. The van der Waals surface area contributed by atoms with Crippen molar-refractivity contribution < 1.29 is 4.79 Å². The summed E-state index contributed by atoms with van der Waals surface area (Å²) in [6, 6.07) is 0. The summed E-state index contributed by atoms with van der Waals surface area (Å²) in [5.74, 6) is 1.19. The fourth-order valence-electron chi connectivity index (χ4n) is 2.57. The number of carbonyl (C=O) groups is 1. The van der Waals surface area contributed by atoms with Crippen molar-refractivity contribution in [1.29, 1.82) is 0 Å². The molecule has 2 fully saturated rings. The maximum atomic E-state index is 12.1. The van der Waals surface area contributed by atoms with Crippen molar-refractivity contribution >= 4 is 18.3 Å². The van der Waals surface area contributed by atoms with E-state index in [4.69, 9.17) is 5.73 Å². The first-order chi connectivity index (χ1) is 7.04. The molecule has 2 N–H and O–H groups in total. The zero-order valence-corrected chi connectivity index (χ0v) is 11.1. The summed E-state index contributed by atoms with van der Waals surface area (Å²) in [6.45, 7) is 6.92. The summed E-state index contributed by atoms with van der Waals surface area (Å²) >= 11 is 0. The highest BCUT2D eigenvalue weighted by molar-refractivity contribution is 5.85. The van der Waals surface area contributed by atoms with Gasteiger partial charge >= 0.3 is 0 Å². The molecule has 16 heavy (non-hydrogen) atoms. The van der Waals surface area contributed by atoms with Crippen LogP contribution in [0.3, 0.4) is 0 Å². The predicted molar refractivity (Wildman–Crippen MR) is 67.5 cm³/mol. The van der Waals surface area contributed by atoms with Gasteiger partial charge < -0.3 is 10.6 Å². The molecule has 2 atom stereocenters. The van der Waals surface area contributed by atoms with Crippen LogP contribution < -0.4 is 5.73 Å². The summed E-state index contributed by atoms with van der Waals surface area (Å²) in [5, 5.41) is 0. The number of likely N-dealkylation sites (tertiary alicyclic amines) is 1. The van der Waals surface area contributed by atoms with Gasteiger partial charge in [0.25, 0.3) is 0 Å². The van der Waals surface area contributed by atoms with Crippen molar-refractivity contribution in [2.75, 3.05) is 19.6 Å². The molecule has 1 amide bonds. The van der Waals surface area contributed by atoms with E-state index in [-0.39, 0.29) is 23.7 Å². The van der Waals surface area contributed by atoms with Crippen LogP contribution in [0.2, 0.25) is 0 Å². The summed E-state index contributed by atoms with van der Waals surface area (Å²) in [6.07, 6.45) is 3.38. The molecular formula is C12H23ClN2O. The summed E-state index contributed by atoms with van der Waals surface area (Å²) in [7, 11) is 0. The standard InChI is InChI=1S/C12H22N2O.ClH/c1-12(2)6-10(12)11(15)14-5-3-4-9(7-13)8-14;/h9-10H,3-8,13H2,1-2H3;1H. The maximum absolute atomic E-state index is 12.1. The van der Waals surface area contributed by atoms with Crippen LogP contribution in [0.5, 0.6) is 0 Å². The van der Waals surface area contributed by atoms with Crippen LogP contribution in [0.25, 0.3) is 0 Å². The average Bonchev–Trinajstić information content (AvgIpc) is 2.87. The van der Waals surface area contributed by atoms with Crippen molar-refractivity contribution in [3.05, 3.63) is 0 Å². The van der Waals surface area contributed by atoms with E-state index in [2.05, 4.69) is 13.8 Å². The Morgan fingerprint density at radius 1 is 1.50 bits per heavy atom. The molecule has 1 saturated heterocycles. The van der Waals surface area contributed by atoms with Gasteiger partial charge in [-0.1, -0.05) is 13.8 Å². The lowest BCUT2D eigenvalue weighted by molar-refractivity contribution is -0.135. The Labute approximate surface area is 104 Å². The van der Waals surface area contributed by atoms with Gasteiger partial charge in [0.2, 0.25) is 5.91 Å². The van der Waals surface area contributed by atoms with Gasteiger partial charge in [-0.25, -0.2) is 0 Å². The monoisotopic (exact) mass is 246 g/mol. The van der Waals surface area contributed by atoms with Gasteiger partial charge in [-0.2, -0.15) is 0 Å². The Hall–Kier alpha value is -0.280. The second-order valence-corrected chi connectivity index (χ2v) is 5.77. The number of nitrogens with two attached hydrogens (primary N) is 1. The second-order valence-electron chi connectivity index (χ2n) is 5.77. The van der Waals surface area contributed by atoms with E-state index in [0.717, 1.165) is 32.5 Å². The molecule has 0 radical (unpaired) electrons. The number of hydrogen-bond donors (Lipinski definition) is 1. The van der Waals surface area contributed by atoms with Crippen molar-refractivity contribution in [3.63, 3.8) is 0 Å². The normalized spacial score (nSPS) is 31.8. The molecule has 0 bridgehead atoms. The molecule has 1 aliphatic heterocycles. The summed E-state index contributed by atoms with van der Waals surface area (Å²) < 4.78 is 0. The van der Waals surface area contributed by atoms with Crippen LogP contribution in [0, 0.1) is 17.3 Å². The topological polar surface area (TPSA) is 46.3 Å². The molecule has 1 aliphatic carbocycles. The summed E-state index contributed by atoms with van der Waals surface area (Å²) in [4.78, 5) is 14.2. The van der Waals surface area contributed by atoms with E-state index in [1.807, 2.05) is 4.90 Å². The Bertz CT molecular complexity index is 268. The molecule has 3 nitrogen and oxygen atoms in total. The number of amides is 1. The van der Waals surface area contributed by atoms with Gasteiger partial charge in [0.15, 0.2) is 0 Å². The van der Waals surface area contributed by atoms with E-state index < -0.39 is 0 Å². The minimum Gasteiger partial charge on any atom is -0.342 e. The Morgan fingerprint density at radius 3 is 2.62 bits per heavy atom.